The molecule has 2 aromatic rings. The van der Waals surface area contributed by atoms with Crippen molar-refractivity contribution in [3.63, 3.8) is 0 Å². The molecule has 0 fully saturated rings. The molecule has 0 aliphatic rings. The van der Waals surface area contributed by atoms with E-state index in [-0.39, 0.29) is 16.9 Å². The third-order valence-electron chi connectivity index (χ3n) is 3.20. The molecule has 0 amide bonds. The number of hydrogen-bond acceptors (Lipinski definition) is 2. The molecule has 1 aromatic heterocycles. The van der Waals surface area contributed by atoms with Crippen LogP contribution in [-0.4, -0.2) is 11.5 Å². The fourth-order valence-corrected chi connectivity index (χ4v) is 2.44. The molecule has 4 heteroatoms. The number of aryl methyl sites for hydroxylation is 1. The Morgan fingerprint density at radius 3 is 2.75 bits per heavy atom. The summed E-state index contributed by atoms with van der Waals surface area (Å²) in [4.78, 5) is 4.22. The Hall–Kier alpha value is -1.45. The normalized spacial score (nSPS) is 12.4. The molecule has 20 heavy (non-hydrogen) atoms. The van der Waals surface area contributed by atoms with Crippen molar-refractivity contribution in [3.05, 3.63) is 64.2 Å². The molecule has 106 valence electrons. The van der Waals surface area contributed by atoms with Gasteiger partial charge in [0.1, 0.15) is 5.82 Å². The van der Waals surface area contributed by atoms with Gasteiger partial charge in [0.15, 0.2) is 0 Å². The number of nitrogens with zero attached hydrogens (tertiary/aromatic N) is 1. The van der Waals surface area contributed by atoms with Gasteiger partial charge in [0.25, 0.3) is 0 Å². The summed E-state index contributed by atoms with van der Waals surface area (Å²) in [5, 5.41) is 3.61. The highest BCUT2D eigenvalue weighted by Crippen LogP contribution is 2.22. The average molecular weight is 293 g/mol. The van der Waals surface area contributed by atoms with Crippen LogP contribution in [-0.2, 0) is 6.42 Å². The molecule has 1 atom stereocenters. The van der Waals surface area contributed by atoms with Gasteiger partial charge in [-0.05, 0) is 55.3 Å². The number of rotatable bonds is 5. The van der Waals surface area contributed by atoms with E-state index < -0.39 is 0 Å². The van der Waals surface area contributed by atoms with Gasteiger partial charge in [0.2, 0.25) is 0 Å². The summed E-state index contributed by atoms with van der Waals surface area (Å²) < 4.78 is 13.2. The zero-order valence-corrected chi connectivity index (χ0v) is 12.4. The van der Waals surface area contributed by atoms with Gasteiger partial charge in [-0.15, -0.1) is 0 Å². The SMILES string of the molecule is CCNC(Cc1ccc(F)c(Cl)c1)c1ccnc(C)c1. The molecule has 0 aliphatic heterocycles. The van der Waals surface area contributed by atoms with E-state index in [1.807, 2.05) is 19.2 Å². The van der Waals surface area contributed by atoms with Crippen LogP contribution < -0.4 is 5.32 Å². The second-order valence-electron chi connectivity index (χ2n) is 4.79. The maximum atomic E-state index is 13.2. The average Bonchev–Trinajstić information content (AvgIpc) is 2.42. The summed E-state index contributed by atoms with van der Waals surface area (Å²) in [5.74, 6) is -0.379. The van der Waals surface area contributed by atoms with E-state index in [1.54, 1.807) is 12.1 Å². The summed E-state index contributed by atoms with van der Waals surface area (Å²) >= 11 is 5.84. The first-order chi connectivity index (χ1) is 9.60. The standard InChI is InChI=1S/C16H18ClFN2/c1-3-19-16(13-6-7-20-11(2)8-13)10-12-4-5-15(18)14(17)9-12/h4-9,16,19H,3,10H2,1-2H3. The first kappa shape index (κ1) is 14.9. The Morgan fingerprint density at radius 1 is 1.30 bits per heavy atom. The second kappa shape index (κ2) is 6.82. The van der Waals surface area contributed by atoms with Gasteiger partial charge in [-0.2, -0.15) is 0 Å². The first-order valence-electron chi connectivity index (χ1n) is 6.70. The van der Waals surface area contributed by atoms with Crippen molar-refractivity contribution in [1.82, 2.24) is 10.3 Å². The molecule has 0 saturated heterocycles. The van der Waals surface area contributed by atoms with E-state index in [4.69, 9.17) is 11.6 Å². The van der Waals surface area contributed by atoms with Gasteiger partial charge in [0, 0.05) is 17.9 Å². The fourth-order valence-electron chi connectivity index (χ4n) is 2.24. The second-order valence-corrected chi connectivity index (χ2v) is 5.20. The lowest BCUT2D eigenvalue weighted by molar-refractivity contribution is 0.548. The molecule has 1 N–H and O–H groups in total. The third kappa shape index (κ3) is 3.78. The largest absolute Gasteiger partial charge is 0.310 e. The number of aromatic nitrogens is 1. The van der Waals surface area contributed by atoms with Crippen molar-refractivity contribution >= 4 is 11.6 Å². The predicted molar refractivity (Wildman–Crippen MR) is 80.5 cm³/mol. The van der Waals surface area contributed by atoms with Crippen LogP contribution in [0.5, 0.6) is 0 Å². The molecule has 2 rings (SSSR count). The maximum absolute atomic E-state index is 13.2. The van der Waals surface area contributed by atoms with Crippen LogP contribution in [0.3, 0.4) is 0 Å². The lowest BCUT2D eigenvalue weighted by Crippen LogP contribution is -2.23. The quantitative estimate of drug-likeness (QED) is 0.898. The van der Waals surface area contributed by atoms with Gasteiger partial charge in [0.05, 0.1) is 5.02 Å². The molecule has 1 unspecified atom stereocenters. The number of likely N-dealkylation sites (N-methyl/N-ethyl adjacent to an activating group) is 1. The third-order valence-corrected chi connectivity index (χ3v) is 3.49. The molecule has 0 spiro atoms. The minimum Gasteiger partial charge on any atom is -0.310 e. The lowest BCUT2D eigenvalue weighted by atomic mass is 9.99. The Kier molecular flexibility index (Phi) is 5.10. The van der Waals surface area contributed by atoms with Crippen LogP contribution in [0.25, 0.3) is 0 Å². The predicted octanol–water partition coefficient (Wildman–Crippen LogP) is 4.08. The van der Waals surface area contributed by atoms with E-state index in [1.165, 1.54) is 11.6 Å². The summed E-state index contributed by atoms with van der Waals surface area (Å²) in [5.41, 5.74) is 3.18. The molecule has 0 bridgehead atoms. The molecule has 0 saturated carbocycles. The van der Waals surface area contributed by atoms with Gasteiger partial charge >= 0.3 is 0 Å². The van der Waals surface area contributed by atoms with Crippen molar-refractivity contribution in [1.29, 1.82) is 0 Å². The highest BCUT2D eigenvalue weighted by atomic mass is 35.5. The maximum Gasteiger partial charge on any atom is 0.141 e. The van der Waals surface area contributed by atoms with E-state index in [9.17, 15) is 4.39 Å². The molecule has 0 radical (unpaired) electrons. The minimum atomic E-state index is -0.379. The molecule has 1 heterocycles. The van der Waals surface area contributed by atoms with Crippen LogP contribution in [0.2, 0.25) is 5.02 Å². The van der Waals surface area contributed by atoms with E-state index >= 15 is 0 Å². The number of hydrogen-bond donors (Lipinski definition) is 1. The molecule has 2 nitrogen and oxygen atoms in total. The van der Waals surface area contributed by atoms with Crippen LogP contribution in [0.15, 0.2) is 36.5 Å². The number of benzene rings is 1. The molecular weight excluding hydrogens is 275 g/mol. The van der Waals surface area contributed by atoms with Crippen molar-refractivity contribution in [2.45, 2.75) is 26.3 Å². The highest BCUT2D eigenvalue weighted by Gasteiger charge is 2.12. The van der Waals surface area contributed by atoms with Crippen molar-refractivity contribution in [2.75, 3.05) is 6.54 Å². The molecule has 1 aromatic carbocycles. The Bertz CT molecular complexity index is 586. The Morgan fingerprint density at radius 2 is 2.10 bits per heavy atom. The first-order valence-corrected chi connectivity index (χ1v) is 7.07. The van der Waals surface area contributed by atoms with Crippen LogP contribution >= 0.6 is 11.6 Å². The van der Waals surface area contributed by atoms with Gasteiger partial charge in [-0.3, -0.25) is 4.98 Å². The van der Waals surface area contributed by atoms with Crippen LogP contribution in [0.1, 0.15) is 29.8 Å². The number of halogens is 2. The van der Waals surface area contributed by atoms with Crippen molar-refractivity contribution in [3.8, 4) is 0 Å². The van der Waals surface area contributed by atoms with Crippen LogP contribution in [0.4, 0.5) is 4.39 Å². The van der Waals surface area contributed by atoms with Gasteiger partial charge < -0.3 is 5.32 Å². The summed E-state index contributed by atoms with van der Waals surface area (Å²) in [6, 6.07) is 9.13. The lowest BCUT2D eigenvalue weighted by Gasteiger charge is -2.19. The number of pyridine rings is 1. The summed E-state index contributed by atoms with van der Waals surface area (Å²) in [6.07, 6.45) is 2.57. The molecule has 0 aliphatic carbocycles. The smallest absolute Gasteiger partial charge is 0.141 e. The minimum absolute atomic E-state index is 0.170. The Balaban J connectivity index is 2.22. The van der Waals surface area contributed by atoms with E-state index in [0.717, 1.165) is 24.2 Å². The highest BCUT2D eigenvalue weighted by molar-refractivity contribution is 6.30. The van der Waals surface area contributed by atoms with Gasteiger partial charge in [-0.25, -0.2) is 4.39 Å². The Labute approximate surface area is 124 Å². The van der Waals surface area contributed by atoms with Gasteiger partial charge in [-0.1, -0.05) is 24.6 Å². The summed E-state index contributed by atoms with van der Waals surface area (Å²) in [6.45, 7) is 4.90. The topological polar surface area (TPSA) is 24.9 Å². The van der Waals surface area contributed by atoms with Crippen molar-refractivity contribution < 1.29 is 4.39 Å². The number of nitrogens with one attached hydrogen (secondary N) is 1. The van der Waals surface area contributed by atoms with Crippen LogP contribution in [0, 0.1) is 12.7 Å². The summed E-state index contributed by atoms with van der Waals surface area (Å²) in [7, 11) is 0. The van der Waals surface area contributed by atoms with Crippen molar-refractivity contribution in [2.24, 2.45) is 0 Å². The molecular formula is C16H18ClFN2. The van der Waals surface area contributed by atoms with E-state index in [0.29, 0.717) is 0 Å². The monoisotopic (exact) mass is 292 g/mol. The van der Waals surface area contributed by atoms with E-state index in [2.05, 4.69) is 23.3 Å². The fraction of sp³-hybridized carbons (Fsp3) is 0.312. The zero-order valence-electron chi connectivity index (χ0n) is 11.7. The zero-order chi connectivity index (χ0) is 14.5.